The smallest absolute Gasteiger partial charge is 0.406 e. The second-order valence-corrected chi connectivity index (χ2v) is 6.07. The molecule has 2 N–H and O–H groups in total. The largest absolute Gasteiger partial charge is 0.573 e. The van der Waals surface area contributed by atoms with E-state index in [0.717, 1.165) is 35.8 Å². The first kappa shape index (κ1) is 20.5. The van der Waals surface area contributed by atoms with Gasteiger partial charge in [0, 0.05) is 22.9 Å². The van der Waals surface area contributed by atoms with Crippen LogP contribution in [0.15, 0.2) is 48.5 Å². The van der Waals surface area contributed by atoms with E-state index in [1.54, 1.807) is 0 Å². The maximum absolute atomic E-state index is 12.1. The molecule has 0 saturated heterocycles. The predicted octanol–water partition coefficient (Wildman–Crippen LogP) is 5.82. The molecule has 1 heterocycles. The van der Waals surface area contributed by atoms with Crippen molar-refractivity contribution < 1.29 is 35.8 Å². The third-order valence-electron chi connectivity index (χ3n) is 3.11. The third-order valence-corrected chi connectivity index (χ3v) is 3.74. The lowest BCUT2D eigenvalue weighted by molar-refractivity contribution is -0.275. The number of nitrogens with zero attached hydrogens (tertiary/aromatic N) is 2. The number of benzene rings is 2. The number of hydrogen-bond acceptors (Lipinski definition) is 7. The summed E-state index contributed by atoms with van der Waals surface area (Å²) in [5, 5.41) is 6.00. The van der Waals surface area contributed by atoms with Crippen molar-refractivity contribution in [2.75, 3.05) is 10.6 Å². The number of nitrogens with one attached hydrogen (secondary N) is 2. The first-order chi connectivity index (χ1) is 13.6. The summed E-state index contributed by atoms with van der Waals surface area (Å²) in [6, 6.07) is 9.99. The van der Waals surface area contributed by atoms with Gasteiger partial charge in [-0.2, -0.15) is 9.36 Å². The third kappa shape index (κ3) is 6.71. The number of anilines is 4. The number of halogens is 6. The number of ether oxygens (including phenoxy) is 2. The highest BCUT2D eigenvalue weighted by Crippen LogP contribution is 2.28. The summed E-state index contributed by atoms with van der Waals surface area (Å²) in [5.74, 6) is -0.547. The van der Waals surface area contributed by atoms with Gasteiger partial charge >= 0.3 is 12.7 Å². The molecular weight excluding hydrogens is 426 g/mol. The van der Waals surface area contributed by atoms with Crippen LogP contribution in [0.2, 0.25) is 0 Å². The molecule has 29 heavy (non-hydrogen) atoms. The molecule has 0 aliphatic heterocycles. The summed E-state index contributed by atoms with van der Waals surface area (Å²) >= 11 is 0.969. The monoisotopic (exact) mass is 436 g/mol. The van der Waals surface area contributed by atoms with Crippen molar-refractivity contribution in [2.45, 2.75) is 12.7 Å². The maximum Gasteiger partial charge on any atom is 0.573 e. The fraction of sp³-hybridized carbons (Fsp3) is 0.125. The summed E-state index contributed by atoms with van der Waals surface area (Å²) < 4.78 is 84.5. The fourth-order valence-electron chi connectivity index (χ4n) is 2.06. The lowest BCUT2D eigenvalue weighted by Gasteiger charge is -2.09. The summed E-state index contributed by atoms with van der Waals surface area (Å²) in [6.45, 7) is 0. The first-order valence-corrected chi connectivity index (χ1v) is 8.42. The van der Waals surface area contributed by atoms with Crippen molar-refractivity contribution in [3.05, 3.63) is 48.5 Å². The summed E-state index contributed by atoms with van der Waals surface area (Å²) in [4.78, 5) is 4.13. The molecule has 3 rings (SSSR count). The van der Waals surface area contributed by atoms with Crippen molar-refractivity contribution in [2.24, 2.45) is 0 Å². The van der Waals surface area contributed by atoms with Gasteiger partial charge in [0.25, 0.3) is 0 Å². The topological polar surface area (TPSA) is 68.3 Å². The molecule has 0 bridgehead atoms. The molecule has 0 amide bonds. The van der Waals surface area contributed by atoms with Crippen molar-refractivity contribution in [3.63, 3.8) is 0 Å². The Hall–Kier alpha value is -3.22. The van der Waals surface area contributed by atoms with E-state index < -0.39 is 12.7 Å². The quantitative estimate of drug-likeness (QED) is 0.475. The number of alkyl halides is 6. The summed E-state index contributed by atoms with van der Waals surface area (Å²) in [6.07, 6.45) is -9.55. The minimum absolute atomic E-state index is 0.180. The number of rotatable bonds is 6. The lowest BCUT2D eigenvalue weighted by atomic mass is 10.3. The predicted molar refractivity (Wildman–Crippen MR) is 92.7 cm³/mol. The van der Waals surface area contributed by atoms with E-state index in [2.05, 4.69) is 29.5 Å². The van der Waals surface area contributed by atoms with Gasteiger partial charge in [0.2, 0.25) is 11.1 Å². The van der Waals surface area contributed by atoms with Crippen molar-refractivity contribution in [3.8, 4) is 11.5 Å². The Balaban J connectivity index is 1.58. The average molecular weight is 436 g/mol. The van der Waals surface area contributed by atoms with Crippen molar-refractivity contribution in [1.82, 2.24) is 9.36 Å². The second-order valence-electron chi connectivity index (χ2n) is 5.32. The van der Waals surface area contributed by atoms with Gasteiger partial charge in [-0.3, -0.25) is 0 Å². The van der Waals surface area contributed by atoms with Crippen LogP contribution in [0.25, 0.3) is 0 Å². The Morgan fingerprint density at radius 1 is 0.690 bits per heavy atom. The molecule has 0 saturated carbocycles. The van der Waals surface area contributed by atoms with Gasteiger partial charge in [0.1, 0.15) is 11.5 Å². The van der Waals surface area contributed by atoms with E-state index in [1.165, 1.54) is 24.3 Å². The first-order valence-electron chi connectivity index (χ1n) is 7.65. The van der Waals surface area contributed by atoms with E-state index in [4.69, 9.17) is 0 Å². The zero-order valence-corrected chi connectivity index (χ0v) is 14.8. The summed E-state index contributed by atoms with van der Waals surface area (Å²) in [7, 11) is 0. The molecular formula is C16H10F6N4O2S. The van der Waals surface area contributed by atoms with E-state index in [9.17, 15) is 26.3 Å². The Labute approximate surface area is 163 Å². The molecule has 6 nitrogen and oxygen atoms in total. The molecule has 2 aromatic carbocycles. The Bertz CT molecular complexity index is 866. The van der Waals surface area contributed by atoms with Gasteiger partial charge in [0.15, 0.2) is 0 Å². The van der Waals surface area contributed by atoms with Crippen molar-refractivity contribution >= 4 is 34.0 Å². The minimum Gasteiger partial charge on any atom is -0.406 e. The minimum atomic E-state index is -4.77. The standard InChI is InChI=1S/C16H10F6N4O2S/c17-15(18,19)27-11-5-1-9(2-6-11)23-13-25-14(29-26-13)24-10-3-7-12(8-4-10)28-16(20,21)22/h1-8H,(H2,23,24,25,26). The highest BCUT2D eigenvalue weighted by atomic mass is 32.1. The van der Waals surface area contributed by atoms with Crippen LogP contribution >= 0.6 is 11.5 Å². The van der Waals surface area contributed by atoms with Crippen LogP contribution in [0, 0.1) is 0 Å². The number of aromatic nitrogens is 2. The fourth-order valence-corrected chi connectivity index (χ4v) is 2.61. The van der Waals surface area contributed by atoms with Gasteiger partial charge in [-0.05, 0) is 48.5 Å². The van der Waals surface area contributed by atoms with E-state index in [-0.39, 0.29) is 17.4 Å². The van der Waals surface area contributed by atoms with Crippen LogP contribution in [-0.2, 0) is 0 Å². The Kier molecular flexibility index (Phi) is 5.68. The maximum atomic E-state index is 12.1. The van der Waals surface area contributed by atoms with Crippen LogP contribution < -0.4 is 20.1 Å². The molecule has 0 unspecified atom stereocenters. The van der Waals surface area contributed by atoms with Gasteiger partial charge in [-0.25, -0.2) is 0 Å². The van der Waals surface area contributed by atoms with Crippen LogP contribution in [-0.4, -0.2) is 22.1 Å². The van der Waals surface area contributed by atoms with E-state index in [1.807, 2.05) is 0 Å². The number of hydrogen-bond donors (Lipinski definition) is 2. The molecule has 0 fully saturated rings. The Morgan fingerprint density at radius 2 is 1.14 bits per heavy atom. The van der Waals surface area contributed by atoms with Gasteiger partial charge < -0.3 is 20.1 Å². The molecule has 154 valence electrons. The molecule has 3 aromatic rings. The van der Waals surface area contributed by atoms with Crippen LogP contribution in [0.4, 0.5) is 48.8 Å². The van der Waals surface area contributed by atoms with E-state index in [0.29, 0.717) is 16.5 Å². The van der Waals surface area contributed by atoms with E-state index >= 15 is 0 Å². The van der Waals surface area contributed by atoms with Crippen molar-refractivity contribution in [1.29, 1.82) is 0 Å². The van der Waals surface area contributed by atoms with Gasteiger partial charge in [-0.1, -0.05) is 0 Å². The van der Waals surface area contributed by atoms with Gasteiger partial charge in [-0.15, -0.1) is 26.3 Å². The highest BCUT2D eigenvalue weighted by Gasteiger charge is 2.31. The SMILES string of the molecule is FC(F)(F)Oc1ccc(Nc2nsc(Nc3ccc(OC(F)(F)F)cc3)n2)cc1. The Morgan fingerprint density at radius 3 is 1.59 bits per heavy atom. The molecule has 0 aliphatic rings. The van der Waals surface area contributed by atoms with Crippen LogP contribution in [0.3, 0.4) is 0 Å². The van der Waals surface area contributed by atoms with Gasteiger partial charge in [0.05, 0.1) is 0 Å². The molecule has 0 radical (unpaired) electrons. The molecule has 1 aromatic heterocycles. The van der Waals surface area contributed by atoms with Crippen LogP contribution in [0.1, 0.15) is 0 Å². The zero-order chi connectivity index (χ0) is 21.1. The van der Waals surface area contributed by atoms with Crippen LogP contribution in [0.5, 0.6) is 11.5 Å². The molecule has 13 heteroatoms. The molecule has 0 aliphatic carbocycles. The zero-order valence-electron chi connectivity index (χ0n) is 14.0. The second kappa shape index (κ2) is 8.03. The normalized spacial score (nSPS) is 11.8. The molecule has 0 atom stereocenters. The molecule has 0 spiro atoms. The average Bonchev–Trinajstić information content (AvgIpc) is 3.03. The lowest BCUT2D eigenvalue weighted by Crippen LogP contribution is -2.16. The highest BCUT2D eigenvalue weighted by molar-refractivity contribution is 7.10. The summed E-state index contributed by atoms with van der Waals surface area (Å²) in [5.41, 5.74) is 0.883.